The van der Waals surface area contributed by atoms with E-state index in [0.29, 0.717) is 47.6 Å². The molecule has 11 heteroatoms. The molecule has 2 fully saturated rings. The van der Waals surface area contributed by atoms with E-state index in [-0.39, 0.29) is 11.9 Å². The first-order chi connectivity index (χ1) is 18.0. The average Bonchev–Trinajstić information content (AvgIpc) is 3.31. The summed E-state index contributed by atoms with van der Waals surface area (Å²) in [5.74, 6) is 0.957. The normalized spacial score (nSPS) is 20.0. The van der Waals surface area contributed by atoms with Gasteiger partial charge >= 0.3 is 0 Å². The van der Waals surface area contributed by atoms with E-state index in [4.69, 9.17) is 5.73 Å². The molecule has 0 unspecified atom stereocenters. The summed E-state index contributed by atoms with van der Waals surface area (Å²) in [5.41, 5.74) is 8.88. The minimum Gasteiger partial charge on any atom is -0.382 e. The van der Waals surface area contributed by atoms with E-state index in [9.17, 15) is 4.79 Å². The lowest BCUT2D eigenvalue weighted by Crippen LogP contribution is -2.50. The van der Waals surface area contributed by atoms with Crippen LogP contribution in [0.2, 0.25) is 0 Å². The number of carbonyl (C=O) groups excluding carboxylic acids is 1. The molecule has 2 N–H and O–H groups in total. The van der Waals surface area contributed by atoms with E-state index < -0.39 is 0 Å². The summed E-state index contributed by atoms with van der Waals surface area (Å²) in [5, 5.41) is 4.55. The van der Waals surface area contributed by atoms with Crippen LogP contribution >= 0.6 is 0 Å². The molecule has 0 atom stereocenters. The molecule has 2 aliphatic heterocycles. The molecule has 0 radical (unpaired) electrons. The number of piperazine rings is 1. The fraction of sp³-hybridized carbons (Fsp3) is 0.500. The number of fused-ring (bicyclic) bond motifs is 1. The fourth-order valence-electron chi connectivity index (χ4n) is 5.46. The SMILES string of the molecule is Cc1nc(N)c2ncn(C3CN(C(=O)c4cc(CN5CCN(C6C=CCCC=C6)CC5)n(C)n4)C3)c2n1. The van der Waals surface area contributed by atoms with Gasteiger partial charge in [-0.15, -0.1) is 0 Å². The number of likely N-dealkylation sites (tertiary alicyclic amines) is 1. The molecule has 6 rings (SSSR count). The molecule has 0 aromatic carbocycles. The molecule has 3 aromatic heterocycles. The van der Waals surface area contributed by atoms with Crippen LogP contribution < -0.4 is 5.73 Å². The van der Waals surface area contributed by atoms with Gasteiger partial charge in [0, 0.05) is 58.9 Å². The lowest BCUT2D eigenvalue weighted by Gasteiger charge is -2.39. The fourth-order valence-corrected chi connectivity index (χ4v) is 5.46. The number of imidazole rings is 1. The van der Waals surface area contributed by atoms with Crippen molar-refractivity contribution in [3.05, 3.63) is 53.9 Å². The molecule has 2 saturated heterocycles. The van der Waals surface area contributed by atoms with E-state index in [2.05, 4.69) is 54.2 Å². The number of rotatable bonds is 5. The van der Waals surface area contributed by atoms with Crippen LogP contribution in [-0.4, -0.2) is 95.2 Å². The van der Waals surface area contributed by atoms with Gasteiger partial charge in [0.15, 0.2) is 17.2 Å². The summed E-state index contributed by atoms with van der Waals surface area (Å²) in [6, 6.07) is 2.48. The molecule has 11 nitrogen and oxygen atoms in total. The second-order valence-corrected chi connectivity index (χ2v) is 10.2. The summed E-state index contributed by atoms with van der Waals surface area (Å²) in [4.78, 5) is 33.1. The van der Waals surface area contributed by atoms with Crippen LogP contribution in [0.25, 0.3) is 11.2 Å². The second-order valence-electron chi connectivity index (χ2n) is 10.2. The van der Waals surface area contributed by atoms with Gasteiger partial charge in [0.25, 0.3) is 5.91 Å². The lowest BCUT2D eigenvalue weighted by atomic mass is 10.1. The molecule has 1 aliphatic carbocycles. The van der Waals surface area contributed by atoms with Gasteiger partial charge in [-0.2, -0.15) is 5.10 Å². The van der Waals surface area contributed by atoms with Crippen molar-refractivity contribution in [2.75, 3.05) is 45.0 Å². The zero-order valence-corrected chi connectivity index (χ0v) is 21.5. The van der Waals surface area contributed by atoms with Crippen LogP contribution in [0.1, 0.15) is 40.9 Å². The minimum atomic E-state index is -0.0374. The van der Waals surface area contributed by atoms with E-state index >= 15 is 0 Å². The number of nitrogens with zero attached hydrogens (tertiary/aromatic N) is 9. The number of carbonyl (C=O) groups is 1. The third-order valence-electron chi connectivity index (χ3n) is 7.68. The number of hydrogen-bond acceptors (Lipinski definition) is 8. The molecule has 194 valence electrons. The summed E-state index contributed by atoms with van der Waals surface area (Å²) < 4.78 is 3.84. The Kier molecular flexibility index (Phi) is 6.25. The molecular weight excluding hydrogens is 468 g/mol. The Hall–Kier alpha value is -3.57. The van der Waals surface area contributed by atoms with Crippen molar-refractivity contribution in [3.63, 3.8) is 0 Å². The molecule has 0 bridgehead atoms. The zero-order valence-electron chi connectivity index (χ0n) is 21.5. The molecule has 1 amide bonds. The number of hydrogen-bond donors (Lipinski definition) is 1. The highest BCUT2D eigenvalue weighted by Gasteiger charge is 2.35. The first kappa shape index (κ1) is 23.8. The monoisotopic (exact) mass is 502 g/mol. The first-order valence-electron chi connectivity index (χ1n) is 13.0. The molecule has 3 aliphatic rings. The number of aryl methyl sites for hydroxylation is 2. The van der Waals surface area contributed by atoms with E-state index in [0.717, 1.165) is 51.3 Å². The topological polar surface area (TPSA) is 114 Å². The van der Waals surface area contributed by atoms with Crippen molar-refractivity contribution in [2.24, 2.45) is 7.05 Å². The highest BCUT2D eigenvalue weighted by atomic mass is 16.2. The number of amides is 1. The van der Waals surface area contributed by atoms with Crippen LogP contribution in [0, 0.1) is 6.92 Å². The van der Waals surface area contributed by atoms with Crippen LogP contribution in [0.5, 0.6) is 0 Å². The summed E-state index contributed by atoms with van der Waals surface area (Å²) in [6.45, 7) is 7.88. The number of nitrogens with two attached hydrogens (primary N) is 1. The lowest BCUT2D eigenvalue weighted by molar-refractivity contribution is 0.0518. The summed E-state index contributed by atoms with van der Waals surface area (Å²) >= 11 is 0. The van der Waals surface area contributed by atoms with Gasteiger partial charge in [-0.1, -0.05) is 24.3 Å². The van der Waals surface area contributed by atoms with Gasteiger partial charge in [-0.25, -0.2) is 15.0 Å². The summed E-state index contributed by atoms with van der Waals surface area (Å²) in [6.07, 6.45) is 13.3. The Balaban J connectivity index is 1.05. The molecule has 3 aromatic rings. The van der Waals surface area contributed by atoms with Crippen molar-refractivity contribution in [1.29, 1.82) is 0 Å². The highest BCUT2D eigenvalue weighted by molar-refractivity contribution is 5.93. The van der Waals surface area contributed by atoms with E-state index in [1.807, 2.05) is 34.2 Å². The molecule has 0 spiro atoms. The third kappa shape index (κ3) is 4.64. The van der Waals surface area contributed by atoms with Crippen molar-refractivity contribution >= 4 is 22.9 Å². The largest absolute Gasteiger partial charge is 0.382 e. The Morgan fingerprint density at radius 1 is 1.08 bits per heavy atom. The van der Waals surface area contributed by atoms with E-state index in [1.54, 1.807) is 6.33 Å². The predicted molar refractivity (Wildman–Crippen MR) is 141 cm³/mol. The van der Waals surface area contributed by atoms with Crippen LogP contribution in [0.4, 0.5) is 5.82 Å². The van der Waals surface area contributed by atoms with Gasteiger partial charge in [0.05, 0.1) is 18.1 Å². The van der Waals surface area contributed by atoms with Crippen LogP contribution in [-0.2, 0) is 13.6 Å². The first-order valence-corrected chi connectivity index (χ1v) is 13.0. The second kappa shape index (κ2) is 9.71. The Morgan fingerprint density at radius 3 is 2.54 bits per heavy atom. The zero-order chi connectivity index (χ0) is 25.5. The maximum absolute atomic E-state index is 13.2. The molecular formula is C26H34N10O. The molecule has 37 heavy (non-hydrogen) atoms. The number of allylic oxidation sites excluding steroid dienone is 2. The number of nitrogen functional groups attached to an aromatic ring is 1. The van der Waals surface area contributed by atoms with Crippen molar-refractivity contribution in [2.45, 2.75) is 38.4 Å². The molecule has 0 saturated carbocycles. The number of aromatic nitrogens is 6. The molecule has 5 heterocycles. The number of anilines is 1. The predicted octanol–water partition coefficient (Wildman–Crippen LogP) is 1.54. The van der Waals surface area contributed by atoms with Crippen LogP contribution in [0.3, 0.4) is 0 Å². The quantitative estimate of drug-likeness (QED) is 0.523. The van der Waals surface area contributed by atoms with Crippen molar-refractivity contribution in [3.8, 4) is 0 Å². The third-order valence-corrected chi connectivity index (χ3v) is 7.68. The highest BCUT2D eigenvalue weighted by Crippen LogP contribution is 2.27. The smallest absolute Gasteiger partial charge is 0.274 e. The van der Waals surface area contributed by atoms with Gasteiger partial charge in [-0.3, -0.25) is 19.3 Å². The van der Waals surface area contributed by atoms with Gasteiger partial charge in [0.1, 0.15) is 11.3 Å². The van der Waals surface area contributed by atoms with Crippen molar-refractivity contribution in [1.82, 2.24) is 44.0 Å². The van der Waals surface area contributed by atoms with Gasteiger partial charge in [-0.05, 0) is 25.8 Å². The Morgan fingerprint density at radius 2 is 1.81 bits per heavy atom. The summed E-state index contributed by atoms with van der Waals surface area (Å²) in [7, 11) is 1.92. The standard InChI is InChI=1S/C26H34N10O/c1-18-29-24(27)23-25(30-18)36(17-28-23)21-15-35(16-21)26(37)22-13-20(32(2)31-22)14-33-9-11-34(12-10-33)19-7-5-3-4-6-8-19/h5-8,13,17,19,21H,3-4,9-12,14-16H2,1-2H3,(H2,27,29,30). The Bertz CT molecular complexity index is 1340. The van der Waals surface area contributed by atoms with Crippen molar-refractivity contribution < 1.29 is 4.79 Å². The van der Waals surface area contributed by atoms with Crippen LogP contribution in [0.15, 0.2) is 36.7 Å². The Labute approximate surface area is 216 Å². The van der Waals surface area contributed by atoms with Gasteiger partial charge in [0.2, 0.25) is 0 Å². The minimum absolute atomic E-state index is 0.0374. The maximum Gasteiger partial charge on any atom is 0.274 e. The maximum atomic E-state index is 13.2. The average molecular weight is 503 g/mol. The van der Waals surface area contributed by atoms with Gasteiger partial charge < -0.3 is 15.2 Å². The van der Waals surface area contributed by atoms with E-state index in [1.165, 1.54) is 0 Å².